The van der Waals surface area contributed by atoms with Gasteiger partial charge in [-0.25, -0.2) is 0 Å². The number of hydrogen-bond donors (Lipinski definition) is 2. The first-order chi connectivity index (χ1) is 11.1. The molecule has 1 aliphatic rings. The van der Waals surface area contributed by atoms with Crippen molar-refractivity contribution >= 4 is 34.8 Å². The molecule has 118 valence electrons. The van der Waals surface area contributed by atoms with Crippen LogP contribution in [0.15, 0.2) is 36.4 Å². The number of phenolic OH excluding ortho intramolecular Hbond substituents is 1. The van der Waals surface area contributed by atoms with Crippen LogP contribution in [0.25, 0.3) is 11.6 Å². The van der Waals surface area contributed by atoms with E-state index in [0.29, 0.717) is 34.2 Å². The van der Waals surface area contributed by atoms with Crippen LogP contribution in [0.1, 0.15) is 24.5 Å². The predicted octanol–water partition coefficient (Wildman–Crippen LogP) is 4.33. The lowest BCUT2D eigenvalue weighted by atomic mass is 10.0. The summed E-state index contributed by atoms with van der Waals surface area (Å²) in [7, 11) is 0. The molecule has 0 saturated carbocycles. The van der Waals surface area contributed by atoms with E-state index in [-0.39, 0.29) is 11.7 Å². The summed E-state index contributed by atoms with van der Waals surface area (Å²) < 4.78 is 5.48. The summed E-state index contributed by atoms with van der Waals surface area (Å²) in [5.74, 6) is 0.462. The van der Waals surface area contributed by atoms with Crippen molar-refractivity contribution in [2.75, 3.05) is 11.9 Å². The third kappa shape index (κ3) is 3.17. The topological polar surface area (TPSA) is 58.6 Å². The van der Waals surface area contributed by atoms with E-state index in [9.17, 15) is 9.90 Å². The lowest BCUT2D eigenvalue weighted by molar-refractivity contribution is -0.110. The molecule has 1 aliphatic heterocycles. The van der Waals surface area contributed by atoms with E-state index >= 15 is 0 Å². The highest BCUT2D eigenvalue weighted by molar-refractivity contribution is 6.36. The van der Waals surface area contributed by atoms with Crippen molar-refractivity contribution in [3.8, 4) is 11.5 Å². The molecule has 0 unspecified atom stereocenters. The molecule has 0 aromatic heterocycles. The zero-order chi connectivity index (χ0) is 16.4. The van der Waals surface area contributed by atoms with Crippen molar-refractivity contribution in [1.29, 1.82) is 0 Å². The molecule has 0 atom stereocenters. The number of carbonyl (C=O) groups excluding carboxylic acids is 1. The summed E-state index contributed by atoms with van der Waals surface area (Å²) in [6.45, 7) is 2.61. The van der Waals surface area contributed by atoms with E-state index in [1.54, 1.807) is 42.5 Å². The largest absolute Gasteiger partial charge is 0.507 e. The summed E-state index contributed by atoms with van der Waals surface area (Å²) in [6, 6.07) is 10.3. The fraction of sp³-hybridized carbons (Fsp3) is 0.167. The van der Waals surface area contributed by atoms with Crippen molar-refractivity contribution in [3.63, 3.8) is 0 Å². The minimum Gasteiger partial charge on any atom is -0.507 e. The van der Waals surface area contributed by atoms with Gasteiger partial charge in [0.05, 0.1) is 12.3 Å². The highest BCUT2D eigenvalue weighted by Crippen LogP contribution is 2.36. The summed E-state index contributed by atoms with van der Waals surface area (Å²) in [5.41, 5.74) is 2.50. The van der Waals surface area contributed by atoms with Crippen LogP contribution in [-0.4, -0.2) is 17.6 Å². The molecular weight excluding hydrogens is 314 g/mol. The Hall–Kier alpha value is -2.46. The molecule has 0 fully saturated rings. The minimum atomic E-state index is -0.215. The molecule has 2 N–H and O–H groups in total. The third-order valence-corrected chi connectivity index (χ3v) is 3.77. The molecule has 2 aromatic carbocycles. The van der Waals surface area contributed by atoms with Gasteiger partial charge < -0.3 is 15.2 Å². The molecule has 4 nitrogen and oxygen atoms in total. The van der Waals surface area contributed by atoms with Crippen molar-refractivity contribution in [2.24, 2.45) is 0 Å². The second-order valence-electron chi connectivity index (χ2n) is 5.27. The zero-order valence-corrected chi connectivity index (χ0v) is 13.4. The van der Waals surface area contributed by atoms with Gasteiger partial charge in [-0.05, 0) is 36.8 Å². The van der Waals surface area contributed by atoms with Crippen LogP contribution in [-0.2, 0) is 4.79 Å². The number of fused-ring (bicyclic) bond motifs is 1. The van der Waals surface area contributed by atoms with E-state index in [1.807, 2.05) is 6.92 Å². The molecule has 3 rings (SSSR count). The summed E-state index contributed by atoms with van der Waals surface area (Å²) >= 11 is 5.94. The van der Waals surface area contributed by atoms with Crippen molar-refractivity contribution < 1.29 is 14.6 Å². The van der Waals surface area contributed by atoms with Crippen molar-refractivity contribution in [1.82, 2.24) is 0 Å². The van der Waals surface area contributed by atoms with Crippen LogP contribution >= 0.6 is 11.6 Å². The Labute approximate surface area is 139 Å². The van der Waals surface area contributed by atoms with Gasteiger partial charge in [0.2, 0.25) is 0 Å². The van der Waals surface area contributed by atoms with Gasteiger partial charge in [-0.1, -0.05) is 24.6 Å². The number of rotatable bonds is 4. The van der Waals surface area contributed by atoms with E-state index in [0.717, 1.165) is 12.0 Å². The van der Waals surface area contributed by atoms with Gasteiger partial charge in [0.25, 0.3) is 5.91 Å². The van der Waals surface area contributed by atoms with Crippen molar-refractivity contribution in [3.05, 3.63) is 52.5 Å². The number of nitrogens with one attached hydrogen (secondary N) is 1. The van der Waals surface area contributed by atoms with Gasteiger partial charge in [0.15, 0.2) is 0 Å². The first kappa shape index (κ1) is 15.4. The number of aromatic hydroxyl groups is 1. The average molecular weight is 330 g/mol. The molecule has 1 amide bonds. The maximum Gasteiger partial charge on any atom is 0.256 e. The third-order valence-electron chi connectivity index (χ3n) is 3.54. The number of phenols is 1. The summed E-state index contributed by atoms with van der Waals surface area (Å²) in [6.07, 6.45) is 2.56. The van der Waals surface area contributed by atoms with E-state index in [2.05, 4.69) is 5.32 Å². The Balaban J connectivity index is 1.95. The van der Waals surface area contributed by atoms with Crippen LogP contribution in [0.4, 0.5) is 5.69 Å². The Morgan fingerprint density at radius 1 is 1.26 bits per heavy atom. The lowest BCUT2D eigenvalue weighted by Crippen LogP contribution is -2.03. The number of carbonyl (C=O) groups is 1. The monoisotopic (exact) mass is 329 g/mol. The Kier molecular flexibility index (Phi) is 4.26. The van der Waals surface area contributed by atoms with Crippen LogP contribution < -0.4 is 10.1 Å². The van der Waals surface area contributed by atoms with E-state index < -0.39 is 0 Å². The smallest absolute Gasteiger partial charge is 0.256 e. The van der Waals surface area contributed by atoms with Gasteiger partial charge in [0, 0.05) is 27.8 Å². The number of hydrogen-bond acceptors (Lipinski definition) is 3. The van der Waals surface area contributed by atoms with Crippen LogP contribution in [0.2, 0.25) is 5.02 Å². The first-order valence-electron chi connectivity index (χ1n) is 7.37. The molecule has 23 heavy (non-hydrogen) atoms. The zero-order valence-electron chi connectivity index (χ0n) is 12.6. The molecule has 1 heterocycles. The Morgan fingerprint density at radius 2 is 2.09 bits per heavy atom. The number of ether oxygens (including phenoxy) is 1. The molecule has 0 radical (unpaired) electrons. The average Bonchev–Trinajstić information content (AvgIpc) is 2.82. The fourth-order valence-electron chi connectivity index (χ4n) is 2.42. The molecule has 0 saturated heterocycles. The van der Waals surface area contributed by atoms with Crippen LogP contribution in [0, 0.1) is 0 Å². The maximum atomic E-state index is 12.1. The second kappa shape index (κ2) is 6.34. The normalized spacial score (nSPS) is 14.7. The fourth-order valence-corrected chi connectivity index (χ4v) is 2.59. The van der Waals surface area contributed by atoms with Gasteiger partial charge in [-0.3, -0.25) is 4.79 Å². The number of anilines is 1. The molecular formula is C18H16ClNO3. The highest BCUT2D eigenvalue weighted by Gasteiger charge is 2.24. The van der Waals surface area contributed by atoms with Crippen LogP contribution in [0.5, 0.6) is 11.5 Å². The molecule has 0 aliphatic carbocycles. The number of amides is 1. The maximum absolute atomic E-state index is 12.1. The quantitative estimate of drug-likeness (QED) is 0.821. The standard InChI is InChI=1S/C18H16ClNO3/c1-2-7-23-13-5-3-11(17(21)10-13)8-15-14-6-4-12(19)9-16(14)20-18(15)22/h3-6,8-10,21H,2,7H2,1H3,(H,20,22)/b15-8+. The number of halogens is 1. The number of benzene rings is 2. The van der Waals surface area contributed by atoms with E-state index in [1.165, 1.54) is 0 Å². The SMILES string of the molecule is CCCOc1ccc(/C=C2/C(=O)Nc3cc(Cl)ccc32)c(O)c1. The Morgan fingerprint density at radius 3 is 2.83 bits per heavy atom. The van der Waals surface area contributed by atoms with Crippen molar-refractivity contribution in [2.45, 2.75) is 13.3 Å². The van der Waals surface area contributed by atoms with Gasteiger partial charge in [0.1, 0.15) is 11.5 Å². The molecule has 2 aromatic rings. The molecule has 5 heteroatoms. The van der Waals surface area contributed by atoms with Gasteiger partial charge in [-0.2, -0.15) is 0 Å². The lowest BCUT2D eigenvalue weighted by Gasteiger charge is -2.07. The summed E-state index contributed by atoms with van der Waals surface area (Å²) in [5, 5.41) is 13.5. The van der Waals surface area contributed by atoms with Gasteiger partial charge in [-0.15, -0.1) is 0 Å². The van der Waals surface area contributed by atoms with E-state index in [4.69, 9.17) is 16.3 Å². The minimum absolute atomic E-state index is 0.0707. The first-order valence-corrected chi connectivity index (χ1v) is 7.75. The molecule has 0 bridgehead atoms. The van der Waals surface area contributed by atoms with Crippen LogP contribution in [0.3, 0.4) is 0 Å². The highest BCUT2D eigenvalue weighted by atomic mass is 35.5. The molecule has 0 spiro atoms. The summed E-state index contributed by atoms with van der Waals surface area (Å²) in [4.78, 5) is 12.1. The second-order valence-corrected chi connectivity index (χ2v) is 5.71. The predicted molar refractivity (Wildman–Crippen MR) is 91.8 cm³/mol. The van der Waals surface area contributed by atoms with Gasteiger partial charge >= 0.3 is 0 Å². The Bertz CT molecular complexity index is 799.